The molecule has 2 aliphatic rings. The van der Waals surface area contributed by atoms with Crippen molar-refractivity contribution in [1.29, 1.82) is 0 Å². The number of aliphatic hydroxyl groups is 1. The van der Waals surface area contributed by atoms with E-state index in [0.717, 1.165) is 12.5 Å². The highest BCUT2D eigenvalue weighted by Gasteiger charge is 2.33. The summed E-state index contributed by atoms with van der Waals surface area (Å²) in [6, 6.07) is 5.78. The van der Waals surface area contributed by atoms with Crippen molar-refractivity contribution < 1.29 is 19.4 Å². The van der Waals surface area contributed by atoms with Crippen LogP contribution in [-0.2, 0) is 0 Å². The first-order valence-corrected chi connectivity index (χ1v) is 10.3. The van der Waals surface area contributed by atoms with E-state index in [-0.39, 0.29) is 12.4 Å². The molecule has 5 heteroatoms. The van der Waals surface area contributed by atoms with Crippen molar-refractivity contribution in [2.75, 3.05) is 26.8 Å². The summed E-state index contributed by atoms with van der Waals surface area (Å²) in [6.45, 7) is 3.49. The molecule has 3 rings (SSSR count). The number of methoxy groups -OCH3 is 1. The summed E-state index contributed by atoms with van der Waals surface area (Å²) in [6.07, 6.45) is 8.73. The van der Waals surface area contributed by atoms with Crippen LogP contribution in [0.5, 0.6) is 11.5 Å². The summed E-state index contributed by atoms with van der Waals surface area (Å²) in [4.78, 5) is 14.0. The Kier molecular flexibility index (Phi) is 7.13. The van der Waals surface area contributed by atoms with Crippen molar-refractivity contribution in [3.63, 3.8) is 0 Å². The molecule has 1 N–H and O–H groups in total. The molecule has 1 aliphatic carbocycles. The summed E-state index contributed by atoms with van der Waals surface area (Å²) >= 11 is 0. The van der Waals surface area contributed by atoms with Crippen molar-refractivity contribution in [1.82, 2.24) is 4.90 Å². The molecule has 1 aromatic carbocycles. The van der Waals surface area contributed by atoms with Crippen LogP contribution in [0.1, 0.15) is 62.2 Å². The molecule has 0 unspecified atom stereocenters. The highest BCUT2D eigenvalue weighted by Crippen LogP contribution is 2.34. The maximum absolute atomic E-state index is 11.5. The molecule has 0 amide bonds. The Labute approximate surface area is 162 Å². The van der Waals surface area contributed by atoms with E-state index in [2.05, 4.69) is 4.90 Å². The van der Waals surface area contributed by atoms with Crippen LogP contribution in [0, 0.1) is 5.92 Å². The van der Waals surface area contributed by atoms with Crippen molar-refractivity contribution in [3.05, 3.63) is 23.8 Å². The molecule has 0 radical (unpaired) electrons. The second-order valence-corrected chi connectivity index (χ2v) is 7.99. The van der Waals surface area contributed by atoms with Gasteiger partial charge in [0.2, 0.25) is 0 Å². The Bertz CT molecular complexity index is 627. The fourth-order valence-corrected chi connectivity index (χ4v) is 4.65. The fourth-order valence-electron chi connectivity index (χ4n) is 4.65. The maximum atomic E-state index is 11.5. The van der Waals surface area contributed by atoms with Crippen LogP contribution in [0.2, 0.25) is 0 Å². The van der Waals surface area contributed by atoms with E-state index >= 15 is 0 Å². The molecule has 1 saturated carbocycles. The standard InChI is InChI=1S/C22H33NO4/c1-16(24)18-10-11-21(22(13-18)26-2)27-15-19(25)14-23-12-6-9-20(23)17-7-4-3-5-8-17/h10-11,13,17,19-20,25H,3-9,12,14-15H2,1-2H3/t19-,20+/m0/s1. The van der Waals surface area contributed by atoms with Gasteiger partial charge in [0.25, 0.3) is 0 Å². The maximum Gasteiger partial charge on any atom is 0.161 e. The Morgan fingerprint density at radius 1 is 1.19 bits per heavy atom. The van der Waals surface area contributed by atoms with Crippen molar-refractivity contribution in [2.45, 2.75) is 64.0 Å². The van der Waals surface area contributed by atoms with Gasteiger partial charge in [-0.15, -0.1) is 0 Å². The molecule has 27 heavy (non-hydrogen) atoms. The zero-order valence-electron chi connectivity index (χ0n) is 16.7. The lowest BCUT2D eigenvalue weighted by Crippen LogP contribution is -2.42. The minimum absolute atomic E-state index is 0.0114. The summed E-state index contributed by atoms with van der Waals surface area (Å²) in [5.74, 6) is 1.87. The zero-order chi connectivity index (χ0) is 19.2. The van der Waals surface area contributed by atoms with Gasteiger partial charge < -0.3 is 14.6 Å². The summed E-state index contributed by atoms with van der Waals surface area (Å²) < 4.78 is 11.1. The first-order chi connectivity index (χ1) is 13.1. The van der Waals surface area contributed by atoms with Gasteiger partial charge in [-0.3, -0.25) is 9.69 Å². The summed E-state index contributed by atoms with van der Waals surface area (Å²) in [7, 11) is 1.56. The molecule has 0 spiro atoms. The van der Waals surface area contributed by atoms with Gasteiger partial charge in [-0.1, -0.05) is 19.3 Å². The number of carbonyl (C=O) groups excluding carboxylic acids is 1. The molecule has 0 bridgehead atoms. The zero-order valence-corrected chi connectivity index (χ0v) is 16.7. The van der Waals surface area contributed by atoms with E-state index < -0.39 is 6.10 Å². The smallest absolute Gasteiger partial charge is 0.161 e. The molecule has 2 atom stereocenters. The third kappa shape index (κ3) is 5.23. The molecular weight excluding hydrogens is 342 g/mol. The number of benzene rings is 1. The number of β-amino-alcohol motifs (C(OH)–C–C–N with tert-alkyl or cyclic N) is 1. The average molecular weight is 376 g/mol. The molecule has 1 aliphatic heterocycles. The minimum Gasteiger partial charge on any atom is -0.493 e. The normalized spacial score (nSPS) is 22.6. The number of aliphatic hydroxyl groups excluding tert-OH is 1. The lowest BCUT2D eigenvalue weighted by atomic mass is 9.83. The summed E-state index contributed by atoms with van der Waals surface area (Å²) in [5, 5.41) is 10.5. The Morgan fingerprint density at radius 3 is 2.67 bits per heavy atom. The number of ether oxygens (including phenoxy) is 2. The van der Waals surface area contributed by atoms with Crippen LogP contribution in [-0.4, -0.2) is 54.7 Å². The first-order valence-electron chi connectivity index (χ1n) is 10.3. The first kappa shape index (κ1) is 20.2. The van der Waals surface area contributed by atoms with Crippen molar-refractivity contribution >= 4 is 5.78 Å². The van der Waals surface area contributed by atoms with Crippen molar-refractivity contribution in [3.8, 4) is 11.5 Å². The van der Waals surface area contributed by atoms with E-state index in [1.807, 2.05) is 0 Å². The van der Waals surface area contributed by atoms with Gasteiger partial charge in [-0.2, -0.15) is 0 Å². The number of nitrogens with zero attached hydrogens (tertiary/aromatic N) is 1. The monoisotopic (exact) mass is 375 g/mol. The van der Waals surface area contributed by atoms with Gasteiger partial charge in [0.05, 0.1) is 7.11 Å². The second-order valence-electron chi connectivity index (χ2n) is 7.99. The molecular formula is C22H33NO4. The quantitative estimate of drug-likeness (QED) is 0.703. The minimum atomic E-state index is -0.536. The molecule has 2 fully saturated rings. The molecule has 1 heterocycles. The van der Waals surface area contributed by atoms with Crippen LogP contribution in [0.3, 0.4) is 0 Å². The number of Topliss-reactive ketones (excluding diaryl/α,β-unsaturated/α-hetero) is 1. The van der Waals surface area contributed by atoms with Crippen LogP contribution in [0.25, 0.3) is 0 Å². The van der Waals surface area contributed by atoms with Crippen molar-refractivity contribution in [2.24, 2.45) is 5.92 Å². The SMILES string of the molecule is COc1cc(C(C)=O)ccc1OC[C@@H](O)CN1CCC[C@@H]1C1CCCCC1. The Hall–Kier alpha value is -1.59. The fraction of sp³-hybridized carbons (Fsp3) is 0.682. The summed E-state index contributed by atoms with van der Waals surface area (Å²) in [5.41, 5.74) is 0.590. The van der Waals surface area contributed by atoms with Crippen LogP contribution < -0.4 is 9.47 Å². The van der Waals surface area contributed by atoms with E-state index in [1.54, 1.807) is 25.3 Å². The number of carbonyl (C=O) groups is 1. The predicted octanol–water partition coefficient (Wildman–Crippen LogP) is 3.68. The van der Waals surface area contributed by atoms with Gasteiger partial charge in [0, 0.05) is 18.2 Å². The topological polar surface area (TPSA) is 59.0 Å². The number of hydrogen-bond donors (Lipinski definition) is 1. The Balaban J connectivity index is 1.53. The lowest BCUT2D eigenvalue weighted by Gasteiger charge is -2.35. The van der Waals surface area contributed by atoms with E-state index in [9.17, 15) is 9.90 Å². The number of likely N-dealkylation sites (tertiary alicyclic amines) is 1. The van der Waals surface area contributed by atoms with E-state index in [0.29, 0.717) is 29.6 Å². The van der Waals surface area contributed by atoms with Gasteiger partial charge in [-0.25, -0.2) is 0 Å². The van der Waals surface area contributed by atoms with Crippen LogP contribution in [0.4, 0.5) is 0 Å². The number of rotatable bonds is 8. The van der Waals surface area contributed by atoms with Crippen LogP contribution in [0.15, 0.2) is 18.2 Å². The van der Waals surface area contributed by atoms with Crippen LogP contribution >= 0.6 is 0 Å². The van der Waals surface area contributed by atoms with Gasteiger partial charge in [0.15, 0.2) is 17.3 Å². The van der Waals surface area contributed by atoms with E-state index in [4.69, 9.17) is 9.47 Å². The van der Waals surface area contributed by atoms with Gasteiger partial charge in [-0.05, 0) is 63.3 Å². The third-order valence-electron chi connectivity index (χ3n) is 6.05. The molecule has 1 saturated heterocycles. The predicted molar refractivity (Wildman–Crippen MR) is 106 cm³/mol. The Morgan fingerprint density at radius 2 is 1.96 bits per heavy atom. The molecule has 150 valence electrons. The van der Waals surface area contributed by atoms with Gasteiger partial charge >= 0.3 is 0 Å². The average Bonchev–Trinajstić information content (AvgIpc) is 3.14. The highest BCUT2D eigenvalue weighted by atomic mass is 16.5. The number of hydrogen-bond acceptors (Lipinski definition) is 5. The third-order valence-corrected chi connectivity index (χ3v) is 6.05. The van der Waals surface area contributed by atoms with Gasteiger partial charge in [0.1, 0.15) is 12.7 Å². The molecule has 1 aromatic rings. The lowest BCUT2D eigenvalue weighted by molar-refractivity contribution is 0.0490. The second kappa shape index (κ2) is 9.56. The van der Waals surface area contributed by atoms with E-state index in [1.165, 1.54) is 51.9 Å². The largest absolute Gasteiger partial charge is 0.493 e. The molecule has 0 aromatic heterocycles. The number of ketones is 1. The highest BCUT2D eigenvalue weighted by molar-refractivity contribution is 5.94. The molecule has 5 nitrogen and oxygen atoms in total.